The van der Waals surface area contributed by atoms with Crippen molar-refractivity contribution in [1.29, 1.82) is 0 Å². The Hall–Kier alpha value is -2.66. The van der Waals surface area contributed by atoms with Crippen LogP contribution in [-0.2, 0) is 12.8 Å². The summed E-state index contributed by atoms with van der Waals surface area (Å²) in [5.74, 6) is 2.39. The van der Waals surface area contributed by atoms with Gasteiger partial charge >= 0.3 is 0 Å². The molecule has 33 heavy (non-hydrogen) atoms. The van der Waals surface area contributed by atoms with Gasteiger partial charge in [-0.3, -0.25) is 9.59 Å². The molecular weight excluding hydrogens is 416 g/mol. The molecule has 0 bridgehead atoms. The summed E-state index contributed by atoms with van der Waals surface area (Å²) in [7, 11) is 3.47. The summed E-state index contributed by atoms with van der Waals surface area (Å²) in [6, 6.07) is 11.1. The average Bonchev–Trinajstić information content (AvgIpc) is 2.79. The van der Waals surface area contributed by atoms with Crippen molar-refractivity contribution in [3.63, 3.8) is 0 Å². The number of benzene rings is 2. The second kappa shape index (κ2) is 15.2. The minimum atomic E-state index is -0.0687. The Kier molecular flexibility index (Phi) is 13.1. The number of aliphatic hydroxyl groups excluding tert-OH is 1. The highest BCUT2D eigenvalue weighted by molar-refractivity contribution is 6.07. The van der Waals surface area contributed by atoms with E-state index >= 15 is 0 Å². The number of hydrogen-bond donors (Lipinski definition) is 1. The van der Waals surface area contributed by atoms with Gasteiger partial charge in [-0.05, 0) is 68.7 Å². The van der Waals surface area contributed by atoms with E-state index in [1.165, 1.54) is 25.0 Å². The molecule has 5 heteroatoms. The molecule has 0 saturated heterocycles. The number of Topliss-reactive ketones (excluding diaryl/α,β-unsaturated/α-hetero) is 2. The number of hydrogen-bond acceptors (Lipinski definition) is 5. The van der Waals surface area contributed by atoms with Crippen molar-refractivity contribution >= 4 is 11.6 Å². The van der Waals surface area contributed by atoms with Crippen LogP contribution in [0.4, 0.5) is 0 Å². The van der Waals surface area contributed by atoms with E-state index in [0.29, 0.717) is 23.7 Å². The fraction of sp³-hybridized carbons (Fsp3) is 0.500. The Morgan fingerprint density at radius 2 is 1.30 bits per heavy atom. The number of ketones is 2. The molecule has 0 unspecified atom stereocenters. The lowest BCUT2D eigenvalue weighted by atomic mass is 9.97. The second-order valence-electron chi connectivity index (χ2n) is 8.62. The first-order valence-electron chi connectivity index (χ1n) is 11.7. The third-order valence-electron chi connectivity index (χ3n) is 5.35. The zero-order valence-electron chi connectivity index (χ0n) is 21.1. The van der Waals surface area contributed by atoms with Crippen molar-refractivity contribution in [3.8, 4) is 11.5 Å². The second-order valence-corrected chi connectivity index (χ2v) is 8.62. The minimum absolute atomic E-state index is 0.0687. The molecule has 5 nitrogen and oxygen atoms in total. The summed E-state index contributed by atoms with van der Waals surface area (Å²) in [5.41, 5.74) is 3.44. The molecule has 0 fully saturated rings. The van der Waals surface area contributed by atoms with Crippen molar-refractivity contribution in [2.24, 2.45) is 5.92 Å². The van der Waals surface area contributed by atoms with E-state index in [1.54, 1.807) is 38.5 Å². The van der Waals surface area contributed by atoms with Crippen LogP contribution >= 0.6 is 0 Å². The van der Waals surface area contributed by atoms with Crippen molar-refractivity contribution in [3.05, 3.63) is 58.7 Å². The van der Waals surface area contributed by atoms with Gasteiger partial charge in [-0.1, -0.05) is 51.0 Å². The van der Waals surface area contributed by atoms with Crippen LogP contribution in [0.5, 0.6) is 11.5 Å². The maximum Gasteiger partial charge on any atom is 0.160 e. The predicted octanol–water partition coefficient (Wildman–Crippen LogP) is 6.09. The average molecular weight is 457 g/mol. The first-order valence-corrected chi connectivity index (χ1v) is 11.7. The Balaban J connectivity index is 0.000000383. The van der Waals surface area contributed by atoms with E-state index in [-0.39, 0.29) is 11.6 Å². The van der Waals surface area contributed by atoms with E-state index in [0.717, 1.165) is 50.0 Å². The molecule has 0 radical (unpaired) electrons. The summed E-state index contributed by atoms with van der Waals surface area (Å²) in [6.45, 7) is 7.63. The Labute approximate surface area is 199 Å². The third kappa shape index (κ3) is 9.79. The maximum atomic E-state index is 11.0. The smallest absolute Gasteiger partial charge is 0.160 e. The number of rotatable bonds is 12. The summed E-state index contributed by atoms with van der Waals surface area (Å²) in [4.78, 5) is 22.0. The summed E-state index contributed by atoms with van der Waals surface area (Å²) in [5, 5.41) is 8.80. The molecule has 0 amide bonds. The van der Waals surface area contributed by atoms with E-state index in [4.69, 9.17) is 14.6 Å². The van der Waals surface area contributed by atoms with Gasteiger partial charge in [0.1, 0.15) is 11.5 Å². The van der Waals surface area contributed by atoms with Crippen LogP contribution in [0.2, 0.25) is 0 Å². The minimum Gasteiger partial charge on any atom is -0.496 e. The molecule has 0 aliphatic carbocycles. The van der Waals surface area contributed by atoms with Crippen LogP contribution in [0.15, 0.2) is 36.4 Å². The monoisotopic (exact) mass is 456 g/mol. The van der Waals surface area contributed by atoms with Crippen molar-refractivity contribution in [2.75, 3.05) is 20.8 Å². The first kappa shape index (κ1) is 28.4. The molecule has 0 aliphatic rings. The number of aryl methyl sites for hydroxylation is 1. The van der Waals surface area contributed by atoms with E-state index in [9.17, 15) is 9.59 Å². The number of ether oxygens (including phenoxy) is 2. The van der Waals surface area contributed by atoms with E-state index in [2.05, 4.69) is 26.0 Å². The van der Waals surface area contributed by atoms with Crippen LogP contribution < -0.4 is 9.47 Å². The molecule has 182 valence electrons. The number of aliphatic hydroxyl groups is 1. The van der Waals surface area contributed by atoms with Gasteiger partial charge in [-0.15, -0.1) is 0 Å². The van der Waals surface area contributed by atoms with Gasteiger partial charge in [0, 0.05) is 17.7 Å². The van der Waals surface area contributed by atoms with Gasteiger partial charge in [0.05, 0.1) is 14.2 Å². The van der Waals surface area contributed by atoms with E-state index < -0.39 is 0 Å². The molecule has 0 saturated carbocycles. The van der Waals surface area contributed by atoms with Crippen molar-refractivity contribution < 1.29 is 24.2 Å². The number of methoxy groups -OCH3 is 2. The molecular formula is C28H40O5. The van der Waals surface area contributed by atoms with E-state index in [1.807, 2.05) is 0 Å². The maximum absolute atomic E-state index is 11.0. The standard InChI is InChI=1S/C18H30O3.C10H10O2/c1-14(2)11-16-13-17(20-3)15(12-18(16)21-4)9-7-5-6-8-10-19;1-7(11)9-5-3-4-6-10(9)8(2)12/h12-14,19H,5-11H2,1-4H3;3-6H,1-2H3. The molecule has 2 aromatic carbocycles. The largest absolute Gasteiger partial charge is 0.496 e. The third-order valence-corrected chi connectivity index (χ3v) is 5.35. The summed E-state index contributed by atoms with van der Waals surface area (Å²) >= 11 is 0. The van der Waals surface area contributed by atoms with Crippen molar-refractivity contribution in [2.45, 2.75) is 66.2 Å². The number of carbonyl (C=O) groups is 2. The molecule has 0 spiro atoms. The fourth-order valence-electron chi connectivity index (χ4n) is 3.70. The molecule has 0 atom stereocenters. The highest BCUT2D eigenvalue weighted by Gasteiger charge is 2.12. The quantitative estimate of drug-likeness (QED) is 0.309. The fourth-order valence-corrected chi connectivity index (χ4v) is 3.70. The van der Waals surface area contributed by atoms with Gasteiger partial charge in [0.2, 0.25) is 0 Å². The van der Waals surface area contributed by atoms with Crippen LogP contribution in [0, 0.1) is 5.92 Å². The van der Waals surface area contributed by atoms with Gasteiger partial charge < -0.3 is 14.6 Å². The summed E-state index contributed by atoms with van der Waals surface area (Å²) in [6.07, 6.45) is 6.22. The molecule has 2 rings (SSSR count). The number of carbonyl (C=O) groups excluding carboxylic acids is 2. The molecule has 0 aromatic heterocycles. The Morgan fingerprint density at radius 3 is 1.76 bits per heavy atom. The van der Waals surface area contributed by atoms with Gasteiger partial charge in [-0.2, -0.15) is 0 Å². The van der Waals surface area contributed by atoms with Crippen molar-refractivity contribution in [1.82, 2.24) is 0 Å². The molecule has 1 N–H and O–H groups in total. The summed E-state index contributed by atoms with van der Waals surface area (Å²) < 4.78 is 11.1. The van der Waals surface area contributed by atoms with Gasteiger partial charge in [-0.25, -0.2) is 0 Å². The normalized spacial score (nSPS) is 10.4. The topological polar surface area (TPSA) is 72.8 Å². The number of unbranched alkanes of at least 4 members (excludes halogenated alkanes) is 3. The zero-order valence-corrected chi connectivity index (χ0v) is 21.1. The zero-order chi connectivity index (χ0) is 24.8. The van der Waals surface area contributed by atoms with Crippen LogP contribution in [0.25, 0.3) is 0 Å². The first-order chi connectivity index (χ1) is 15.7. The Bertz CT molecular complexity index is 853. The predicted molar refractivity (Wildman–Crippen MR) is 134 cm³/mol. The van der Waals surface area contributed by atoms with Gasteiger partial charge in [0.15, 0.2) is 11.6 Å². The van der Waals surface area contributed by atoms with Crippen LogP contribution in [0.1, 0.15) is 85.2 Å². The van der Waals surface area contributed by atoms with Gasteiger partial charge in [0.25, 0.3) is 0 Å². The highest BCUT2D eigenvalue weighted by Crippen LogP contribution is 2.31. The molecule has 2 aromatic rings. The molecule has 0 aliphatic heterocycles. The highest BCUT2D eigenvalue weighted by atomic mass is 16.5. The van der Waals surface area contributed by atoms with Crippen LogP contribution in [-0.4, -0.2) is 37.5 Å². The lowest BCUT2D eigenvalue weighted by Gasteiger charge is -2.16. The van der Waals surface area contributed by atoms with Crippen LogP contribution in [0.3, 0.4) is 0 Å². The lowest BCUT2D eigenvalue weighted by molar-refractivity contribution is 0.0981. The molecule has 0 heterocycles. The Morgan fingerprint density at radius 1 is 0.818 bits per heavy atom. The lowest BCUT2D eigenvalue weighted by Crippen LogP contribution is -2.02. The SMILES string of the molecule is CC(=O)c1ccccc1C(C)=O.COc1cc(CC(C)C)c(OC)cc1CCCCCCO.